The average Bonchev–Trinajstić information content (AvgIpc) is 2.17. The van der Waals surface area contributed by atoms with Gasteiger partial charge in [-0.1, -0.05) is 20.3 Å². The van der Waals surface area contributed by atoms with Gasteiger partial charge >= 0.3 is 0 Å². The molecule has 0 aliphatic heterocycles. The number of thioether (sulfide) groups is 1. The first kappa shape index (κ1) is 13.9. The van der Waals surface area contributed by atoms with E-state index >= 15 is 0 Å². The lowest BCUT2D eigenvalue weighted by Gasteiger charge is -2.28. The molecule has 0 rings (SSSR count). The van der Waals surface area contributed by atoms with Gasteiger partial charge in [-0.3, -0.25) is 0 Å². The number of alkyl halides is 2. The Morgan fingerprint density at radius 2 is 1.69 bits per heavy atom. The van der Waals surface area contributed by atoms with Gasteiger partial charge in [0.15, 0.2) is 0 Å². The topological polar surface area (TPSA) is 0 Å². The van der Waals surface area contributed by atoms with E-state index in [1.807, 2.05) is 11.8 Å². The molecule has 0 bridgehead atoms. The van der Waals surface area contributed by atoms with Crippen LogP contribution in [0.1, 0.15) is 33.1 Å². The minimum absolute atomic E-state index is 0.194. The van der Waals surface area contributed by atoms with E-state index in [9.17, 15) is 0 Å². The molecule has 0 saturated carbocycles. The molecule has 0 fully saturated rings. The average molecular weight is 243 g/mol. The Kier molecular flexibility index (Phi) is 8.85. The molecule has 0 amide bonds. The second-order valence-electron chi connectivity index (χ2n) is 3.46. The van der Waals surface area contributed by atoms with Gasteiger partial charge in [0.2, 0.25) is 0 Å². The molecule has 0 aliphatic carbocycles. The lowest BCUT2D eigenvalue weighted by molar-refractivity contribution is 0.333. The maximum absolute atomic E-state index is 5.99. The van der Waals surface area contributed by atoms with Crippen LogP contribution in [0, 0.1) is 5.41 Å². The van der Waals surface area contributed by atoms with Crippen LogP contribution in [0.3, 0.4) is 0 Å². The van der Waals surface area contributed by atoms with Crippen LogP contribution >= 0.6 is 35.0 Å². The Balaban J connectivity index is 3.89. The van der Waals surface area contributed by atoms with E-state index in [0.717, 1.165) is 12.8 Å². The Bertz CT molecular complexity index is 113. The molecular weight excluding hydrogens is 223 g/mol. The summed E-state index contributed by atoms with van der Waals surface area (Å²) in [5.74, 6) is 3.78. The molecule has 0 aliphatic rings. The third-order valence-corrected chi connectivity index (χ3v) is 4.36. The number of halogens is 2. The largest absolute Gasteiger partial charge is 0.162 e. The second-order valence-corrected chi connectivity index (χ2v) is 5.39. The van der Waals surface area contributed by atoms with Crippen LogP contribution in [0.5, 0.6) is 0 Å². The number of hydrogen-bond acceptors (Lipinski definition) is 1. The van der Waals surface area contributed by atoms with Crippen molar-refractivity contribution >= 4 is 35.0 Å². The van der Waals surface area contributed by atoms with Gasteiger partial charge < -0.3 is 0 Å². The van der Waals surface area contributed by atoms with Crippen molar-refractivity contribution in [3.8, 4) is 0 Å². The molecule has 0 atom stereocenters. The van der Waals surface area contributed by atoms with Gasteiger partial charge in [-0.2, -0.15) is 11.8 Å². The first-order valence-electron chi connectivity index (χ1n) is 4.94. The molecule has 0 unspecified atom stereocenters. The molecule has 0 aromatic carbocycles. The molecule has 0 aromatic heterocycles. The Labute approximate surface area is 96.8 Å². The van der Waals surface area contributed by atoms with E-state index in [1.165, 1.54) is 17.9 Å². The summed E-state index contributed by atoms with van der Waals surface area (Å²) in [6.45, 7) is 4.38. The zero-order chi connectivity index (χ0) is 10.2. The monoisotopic (exact) mass is 242 g/mol. The van der Waals surface area contributed by atoms with Crippen LogP contribution in [0.25, 0.3) is 0 Å². The zero-order valence-electron chi connectivity index (χ0n) is 8.61. The first-order valence-corrected chi connectivity index (χ1v) is 7.16. The standard InChI is InChI=1S/C10H20Cl2S/c1-3-5-10(8-11,9-12)6-7-13-4-2/h3-9H2,1-2H3. The summed E-state index contributed by atoms with van der Waals surface area (Å²) in [6, 6.07) is 0. The van der Waals surface area contributed by atoms with E-state index in [0.29, 0.717) is 11.8 Å². The third-order valence-electron chi connectivity index (χ3n) is 2.33. The summed E-state index contributed by atoms with van der Waals surface area (Å²) in [7, 11) is 0. The molecule has 80 valence electrons. The van der Waals surface area contributed by atoms with Crippen molar-refractivity contribution < 1.29 is 0 Å². The molecule has 0 heterocycles. The third kappa shape index (κ3) is 5.39. The van der Waals surface area contributed by atoms with Crippen LogP contribution < -0.4 is 0 Å². The van der Waals surface area contributed by atoms with Crippen molar-refractivity contribution in [3.63, 3.8) is 0 Å². The van der Waals surface area contributed by atoms with Crippen molar-refractivity contribution in [2.45, 2.75) is 33.1 Å². The Morgan fingerprint density at radius 1 is 1.08 bits per heavy atom. The highest BCUT2D eigenvalue weighted by atomic mass is 35.5. The first-order chi connectivity index (χ1) is 6.24. The van der Waals surface area contributed by atoms with Crippen molar-refractivity contribution in [1.82, 2.24) is 0 Å². The summed E-state index contributed by atoms with van der Waals surface area (Å²) >= 11 is 14.0. The van der Waals surface area contributed by atoms with E-state index < -0.39 is 0 Å². The van der Waals surface area contributed by atoms with Gasteiger partial charge in [-0.25, -0.2) is 0 Å². The highest BCUT2D eigenvalue weighted by Crippen LogP contribution is 2.32. The molecule has 0 radical (unpaired) electrons. The highest BCUT2D eigenvalue weighted by Gasteiger charge is 2.26. The van der Waals surface area contributed by atoms with Gasteiger partial charge in [-0.15, -0.1) is 23.2 Å². The molecule has 0 spiro atoms. The predicted octanol–water partition coefficient (Wildman–Crippen LogP) is 4.39. The Morgan fingerprint density at radius 3 is 2.08 bits per heavy atom. The van der Waals surface area contributed by atoms with Crippen molar-refractivity contribution in [3.05, 3.63) is 0 Å². The smallest absolute Gasteiger partial charge is 0.0291 e. The number of rotatable bonds is 8. The maximum atomic E-state index is 5.99. The zero-order valence-corrected chi connectivity index (χ0v) is 10.9. The van der Waals surface area contributed by atoms with Crippen molar-refractivity contribution in [1.29, 1.82) is 0 Å². The summed E-state index contributed by atoms with van der Waals surface area (Å²) in [4.78, 5) is 0. The lowest BCUT2D eigenvalue weighted by atomic mass is 9.85. The van der Waals surface area contributed by atoms with Crippen LogP contribution in [0.4, 0.5) is 0 Å². The van der Waals surface area contributed by atoms with Gasteiger partial charge in [0, 0.05) is 11.8 Å². The van der Waals surface area contributed by atoms with Crippen LogP contribution in [-0.4, -0.2) is 23.3 Å². The van der Waals surface area contributed by atoms with Crippen LogP contribution in [0.2, 0.25) is 0 Å². The molecule has 0 nitrogen and oxygen atoms in total. The molecule has 0 saturated heterocycles. The minimum Gasteiger partial charge on any atom is -0.162 e. The lowest BCUT2D eigenvalue weighted by Crippen LogP contribution is -2.25. The van der Waals surface area contributed by atoms with Gasteiger partial charge in [0.05, 0.1) is 0 Å². The van der Waals surface area contributed by atoms with Gasteiger partial charge in [0.25, 0.3) is 0 Å². The summed E-state index contributed by atoms with van der Waals surface area (Å²) < 4.78 is 0. The predicted molar refractivity (Wildman–Crippen MR) is 66.4 cm³/mol. The van der Waals surface area contributed by atoms with Gasteiger partial charge in [-0.05, 0) is 29.8 Å². The quantitative estimate of drug-likeness (QED) is 0.450. The van der Waals surface area contributed by atoms with E-state index in [1.54, 1.807) is 0 Å². The maximum Gasteiger partial charge on any atom is 0.0291 e. The fraction of sp³-hybridized carbons (Fsp3) is 1.00. The highest BCUT2D eigenvalue weighted by molar-refractivity contribution is 7.99. The normalized spacial score (nSPS) is 12.0. The summed E-state index contributed by atoms with van der Waals surface area (Å²) in [6.07, 6.45) is 3.49. The fourth-order valence-electron chi connectivity index (χ4n) is 1.39. The van der Waals surface area contributed by atoms with Crippen LogP contribution in [0.15, 0.2) is 0 Å². The van der Waals surface area contributed by atoms with Crippen molar-refractivity contribution in [2.24, 2.45) is 5.41 Å². The molecule has 3 heteroatoms. The molecule has 0 N–H and O–H groups in total. The molecule has 0 aromatic rings. The fourth-order valence-corrected chi connectivity index (χ4v) is 3.08. The van der Waals surface area contributed by atoms with Crippen molar-refractivity contribution in [2.75, 3.05) is 23.3 Å². The molecular formula is C10H20Cl2S. The molecule has 13 heavy (non-hydrogen) atoms. The van der Waals surface area contributed by atoms with E-state index in [-0.39, 0.29) is 5.41 Å². The number of hydrogen-bond donors (Lipinski definition) is 0. The summed E-state index contributed by atoms with van der Waals surface area (Å²) in [5, 5.41) is 0. The van der Waals surface area contributed by atoms with Gasteiger partial charge in [0.1, 0.15) is 0 Å². The summed E-state index contributed by atoms with van der Waals surface area (Å²) in [5.41, 5.74) is 0.194. The van der Waals surface area contributed by atoms with E-state index in [2.05, 4.69) is 13.8 Å². The second kappa shape index (κ2) is 8.26. The van der Waals surface area contributed by atoms with Crippen LogP contribution in [-0.2, 0) is 0 Å². The minimum atomic E-state index is 0.194. The Hall–Kier alpha value is 0.930. The van der Waals surface area contributed by atoms with E-state index in [4.69, 9.17) is 23.2 Å². The SMILES string of the molecule is CCCC(CCl)(CCl)CCSCC.